The van der Waals surface area contributed by atoms with E-state index in [9.17, 15) is 23.9 Å². The highest BCUT2D eigenvalue weighted by molar-refractivity contribution is 5.93. The highest BCUT2D eigenvalue weighted by Crippen LogP contribution is 2.27. The Morgan fingerprint density at radius 3 is 2.48 bits per heavy atom. The van der Waals surface area contributed by atoms with Crippen molar-refractivity contribution >= 4 is 17.5 Å². The number of carbonyl (C=O) groups excluding carboxylic acids is 3. The lowest BCUT2D eigenvalue weighted by Gasteiger charge is -2.29. The van der Waals surface area contributed by atoms with Crippen molar-refractivity contribution in [3.05, 3.63) is 59.7 Å². The van der Waals surface area contributed by atoms with E-state index in [1.54, 1.807) is 12.1 Å². The van der Waals surface area contributed by atoms with Gasteiger partial charge in [-0.1, -0.05) is 38.1 Å². The zero-order valence-corrected chi connectivity index (χ0v) is 23.6. The molecule has 2 aliphatic heterocycles. The van der Waals surface area contributed by atoms with Crippen LogP contribution in [0.2, 0.25) is 0 Å². The first kappa shape index (κ1) is 31.3. The molecule has 1 amide bonds. The number of amides is 1. The van der Waals surface area contributed by atoms with Gasteiger partial charge in [-0.2, -0.15) is 0 Å². The van der Waals surface area contributed by atoms with Crippen LogP contribution in [0.25, 0.3) is 0 Å². The van der Waals surface area contributed by atoms with Gasteiger partial charge in [0, 0.05) is 24.7 Å². The number of benzene rings is 2. The third-order valence-corrected chi connectivity index (χ3v) is 7.24. The fourth-order valence-electron chi connectivity index (χ4n) is 5.08. The van der Waals surface area contributed by atoms with E-state index in [1.165, 1.54) is 0 Å². The number of aliphatic hydroxyl groups excluding tert-OH is 1. The lowest BCUT2D eigenvalue weighted by atomic mass is 9.79. The maximum atomic E-state index is 13.7. The van der Waals surface area contributed by atoms with Crippen LogP contribution in [0.15, 0.2) is 48.5 Å². The fourth-order valence-corrected chi connectivity index (χ4v) is 5.08. The van der Waals surface area contributed by atoms with Gasteiger partial charge in [0.2, 0.25) is 5.91 Å². The molecule has 4 rings (SSSR count). The first-order valence-corrected chi connectivity index (χ1v) is 14.3. The largest absolute Gasteiger partial charge is 0.494 e. The second-order valence-corrected chi connectivity index (χ2v) is 10.9. The molecule has 2 aromatic rings. The number of ketones is 2. The number of Topliss-reactive ketones (excluding diaryl/α,β-unsaturated/α-hetero) is 2. The van der Waals surface area contributed by atoms with Crippen LogP contribution in [-0.2, 0) is 27.2 Å². The van der Waals surface area contributed by atoms with Crippen LogP contribution in [0.4, 0.5) is 4.39 Å². The highest BCUT2D eigenvalue weighted by atomic mass is 19.1. The standard InChI is InChI=1S/C32H42FNO6/c1-22(2)19-28-27(31(37)21-35)5-3-17-39-26-13-8-24(9-14-26)20-29(34-32(28)38)30(36)15-10-23-6-11-25(12-7-23)40-18-4-16-33/h6-9,11-14,22,27-29,35H,3-5,10,15-21H2,1-2H3,(H,34,38). The molecule has 0 fully saturated rings. The van der Waals surface area contributed by atoms with Crippen LogP contribution in [-0.4, -0.2) is 55.1 Å². The van der Waals surface area contributed by atoms with Crippen molar-refractivity contribution in [1.82, 2.24) is 5.32 Å². The summed E-state index contributed by atoms with van der Waals surface area (Å²) in [6.07, 6.45) is 2.81. The summed E-state index contributed by atoms with van der Waals surface area (Å²) in [6, 6.07) is 14.1. The number of nitrogens with one attached hydrogen (secondary N) is 1. The number of halogens is 1. The molecule has 3 atom stereocenters. The molecule has 8 heteroatoms. The van der Waals surface area contributed by atoms with E-state index in [1.807, 2.05) is 50.2 Å². The number of hydrogen-bond acceptors (Lipinski definition) is 6. The summed E-state index contributed by atoms with van der Waals surface area (Å²) in [5.41, 5.74) is 1.84. The molecule has 7 nitrogen and oxygen atoms in total. The second-order valence-electron chi connectivity index (χ2n) is 10.9. The van der Waals surface area contributed by atoms with E-state index in [4.69, 9.17) is 9.47 Å². The van der Waals surface area contributed by atoms with Gasteiger partial charge in [0.1, 0.15) is 18.1 Å². The molecule has 0 saturated heterocycles. The van der Waals surface area contributed by atoms with Crippen molar-refractivity contribution in [2.75, 3.05) is 26.5 Å². The summed E-state index contributed by atoms with van der Waals surface area (Å²) in [6.45, 7) is 3.64. The molecule has 2 N–H and O–H groups in total. The number of aryl methyl sites for hydroxylation is 1. The summed E-state index contributed by atoms with van der Waals surface area (Å²) < 4.78 is 23.6. The molecule has 0 saturated carbocycles. The van der Waals surface area contributed by atoms with Crippen molar-refractivity contribution in [2.45, 2.75) is 64.8 Å². The lowest BCUT2D eigenvalue weighted by Crippen LogP contribution is -2.48. The Bertz CT molecular complexity index is 1090. The maximum Gasteiger partial charge on any atom is 0.224 e. The van der Waals surface area contributed by atoms with Crippen molar-refractivity contribution in [2.24, 2.45) is 17.8 Å². The Kier molecular flexibility index (Phi) is 12.6. The SMILES string of the molecule is CC(C)CC1C(=O)NC(C(=O)CCc2ccc(OCCCF)cc2)Cc2ccc(cc2)OCCCC1C(=O)CO. The molecule has 0 spiro atoms. The monoisotopic (exact) mass is 555 g/mol. The summed E-state index contributed by atoms with van der Waals surface area (Å²) in [5, 5.41) is 12.6. The Morgan fingerprint density at radius 1 is 1.10 bits per heavy atom. The van der Waals surface area contributed by atoms with Crippen LogP contribution >= 0.6 is 0 Å². The smallest absolute Gasteiger partial charge is 0.224 e. The Morgan fingerprint density at radius 2 is 1.82 bits per heavy atom. The first-order valence-electron chi connectivity index (χ1n) is 14.3. The third kappa shape index (κ3) is 9.73. The van der Waals surface area contributed by atoms with Gasteiger partial charge in [0.05, 0.1) is 25.9 Å². The Labute approximate surface area is 236 Å². The molecule has 3 unspecified atom stereocenters. The van der Waals surface area contributed by atoms with E-state index >= 15 is 0 Å². The van der Waals surface area contributed by atoms with Gasteiger partial charge >= 0.3 is 0 Å². The van der Waals surface area contributed by atoms with Gasteiger partial charge in [0.15, 0.2) is 11.6 Å². The van der Waals surface area contributed by atoms with Crippen molar-refractivity contribution in [3.8, 4) is 11.5 Å². The minimum Gasteiger partial charge on any atom is -0.494 e. The highest BCUT2D eigenvalue weighted by Gasteiger charge is 2.35. The van der Waals surface area contributed by atoms with Crippen LogP contribution in [0.5, 0.6) is 11.5 Å². The van der Waals surface area contributed by atoms with E-state index < -0.39 is 31.2 Å². The number of aliphatic hydroxyl groups is 1. The van der Waals surface area contributed by atoms with Gasteiger partial charge in [-0.25, -0.2) is 0 Å². The quantitative estimate of drug-likeness (QED) is 0.369. The van der Waals surface area contributed by atoms with Crippen LogP contribution < -0.4 is 14.8 Å². The summed E-state index contributed by atoms with van der Waals surface area (Å²) in [5.74, 6) is -0.599. The summed E-state index contributed by atoms with van der Waals surface area (Å²) >= 11 is 0. The molecular formula is C32H42FNO6. The maximum absolute atomic E-state index is 13.7. The Hall–Kier alpha value is -3.26. The molecule has 40 heavy (non-hydrogen) atoms. The normalized spacial score (nSPS) is 19.9. The van der Waals surface area contributed by atoms with Gasteiger partial charge < -0.3 is 19.9 Å². The zero-order valence-electron chi connectivity index (χ0n) is 23.6. The number of ether oxygens (including phenoxy) is 2. The molecule has 2 aliphatic rings. The molecule has 2 aromatic carbocycles. The first-order chi connectivity index (χ1) is 19.3. The number of alkyl halides is 1. The fraction of sp³-hybridized carbons (Fsp3) is 0.531. The van der Waals surface area contributed by atoms with E-state index in [2.05, 4.69) is 5.32 Å². The van der Waals surface area contributed by atoms with Crippen molar-refractivity contribution in [1.29, 1.82) is 0 Å². The van der Waals surface area contributed by atoms with E-state index in [0.717, 1.165) is 11.1 Å². The zero-order chi connectivity index (χ0) is 28.9. The van der Waals surface area contributed by atoms with Gasteiger partial charge in [-0.3, -0.25) is 18.8 Å². The van der Waals surface area contributed by atoms with Gasteiger partial charge in [-0.15, -0.1) is 0 Å². The number of rotatable bonds is 12. The molecule has 2 bridgehead atoms. The number of carbonyl (C=O) groups is 3. The number of fused-ring (bicyclic) bond motifs is 11. The second kappa shape index (κ2) is 16.1. The lowest BCUT2D eigenvalue weighted by molar-refractivity contribution is -0.137. The molecule has 0 aliphatic carbocycles. The van der Waals surface area contributed by atoms with E-state index in [-0.39, 0.29) is 29.8 Å². The minimum absolute atomic E-state index is 0.0997. The topological polar surface area (TPSA) is 102 Å². The predicted octanol–water partition coefficient (Wildman–Crippen LogP) is 4.67. The summed E-state index contributed by atoms with van der Waals surface area (Å²) in [7, 11) is 0. The van der Waals surface area contributed by atoms with Gasteiger partial charge in [-0.05, 0) is 73.4 Å². The average molecular weight is 556 g/mol. The molecule has 2 heterocycles. The minimum atomic E-state index is -0.759. The Balaban J connectivity index is 1.79. The van der Waals surface area contributed by atoms with Crippen LogP contribution in [0.1, 0.15) is 57.1 Å². The van der Waals surface area contributed by atoms with Crippen LogP contribution in [0.3, 0.4) is 0 Å². The predicted molar refractivity (Wildman–Crippen MR) is 151 cm³/mol. The van der Waals surface area contributed by atoms with Gasteiger partial charge in [0.25, 0.3) is 0 Å². The third-order valence-electron chi connectivity index (χ3n) is 7.24. The molecule has 0 aromatic heterocycles. The molecular weight excluding hydrogens is 513 g/mol. The molecule has 0 radical (unpaired) electrons. The van der Waals surface area contributed by atoms with Crippen LogP contribution in [0, 0.1) is 17.8 Å². The molecule has 218 valence electrons. The van der Waals surface area contributed by atoms with E-state index in [0.29, 0.717) is 63.2 Å². The average Bonchev–Trinajstić information content (AvgIpc) is 2.95. The van der Waals surface area contributed by atoms with Crippen molar-refractivity contribution < 1.29 is 33.4 Å². The summed E-state index contributed by atoms with van der Waals surface area (Å²) in [4.78, 5) is 39.9. The van der Waals surface area contributed by atoms with Crippen molar-refractivity contribution in [3.63, 3.8) is 0 Å². The number of hydrogen-bond donors (Lipinski definition) is 2.